The lowest BCUT2D eigenvalue weighted by atomic mass is 9.99. The Morgan fingerprint density at radius 1 is 1.39 bits per heavy atom. The van der Waals surface area contributed by atoms with Gasteiger partial charge in [-0.15, -0.1) is 0 Å². The molecule has 6 heteroatoms. The Hall–Kier alpha value is -1.92. The van der Waals surface area contributed by atoms with E-state index in [-0.39, 0.29) is 5.60 Å². The van der Waals surface area contributed by atoms with E-state index in [1.807, 2.05) is 0 Å². The molecule has 23 heavy (non-hydrogen) atoms. The van der Waals surface area contributed by atoms with E-state index in [1.165, 1.54) is 11.1 Å². The third-order valence-electron chi connectivity index (χ3n) is 4.75. The van der Waals surface area contributed by atoms with Crippen molar-refractivity contribution >= 4 is 0 Å². The number of ether oxygens (including phenoxy) is 1. The number of hydrogen-bond donors (Lipinski definition) is 2. The van der Waals surface area contributed by atoms with Crippen molar-refractivity contribution in [1.82, 2.24) is 20.3 Å². The maximum absolute atomic E-state index is 10.7. The van der Waals surface area contributed by atoms with Gasteiger partial charge in [0.15, 0.2) is 0 Å². The Bertz CT molecular complexity index is 713. The number of H-pyrrole nitrogens is 1. The van der Waals surface area contributed by atoms with Crippen molar-refractivity contribution in [2.75, 3.05) is 13.1 Å². The van der Waals surface area contributed by atoms with E-state index in [9.17, 15) is 5.11 Å². The third-order valence-corrected chi connectivity index (χ3v) is 4.75. The van der Waals surface area contributed by atoms with Crippen LogP contribution in [0, 0.1) is 0 Å². The minimum atomic E-state index is -0.894. The van der Waals surface area contributed by atoms with Crippen LogP contribution in [0.1, 0.15) is 37.1 Å². The molecule has 2 aliphatic rings. The Labute approximate surface area is 135 Å². The Balaban J connectivity index is 1.46. The average Bonchev–Trinajstić information content (AvgIpc) is 3.17. The number of β-amino-alcohol motifs (C(OH)–C–C–N with tert-alkyl or cyclic N) is 1. The fourth-order valence-corrected chi connectivity index (χ4v) is 3.66. The second kappa shape index (κ2) is 5.04. The maximum atomic E-state index is 10.7. The summed E-state index contributed by atoms with van der Waals surface area (Å²) in [5.74, 6) is 0.999. The van der Waals surface area contributed by atoms with Gasteiger partial charge in [-0.2, -0.15) is 15.4 Å². The van der Waals surface area contributed by atoms with Crippen molar-refractivity contribution in [2.24, 2.45) is 0 Å². The Morgan fingerprint density at radius 2 is 2.26 bits per heavy atom. The molecule has 0 amide bonds. The van der Waals surface area contributed by atoms with Gasteiger partial charge in [-0.25, -0.2) is 0 Å². The van der Waals surface area contributed by atoms with Crippen LogP contribution in [0.3, 0.4) is 0 Å². The van der Waals surface area contributed by atoms with Crippen LogP contribution in [-0.2, 0) is 18.6 Å². The largest absolute Gasteiger partial charge is 0.487 e. The molecule has 4 rings (SSSR count). The molecule has 1 aromatic carbocycles. The molecule has 1 fully saturated rings. The number of aliphatic hydroxyl groups is 1. The van der Waals surface area contributed by atoms with Crippen molar-refractivity contribution in [3.05, 3.63) is 41.2 Å². The van der Waals surface area contributed by atoms with Crippen LogP contribution in [-0.4, -0.2) is 44.1 Å². The maximum Gasteiger partial charge on any atom is 0.124 e. The zero-order valence-corrected chi connectivity index (χ0v) is 13.5. The first kappa shape index (κ1) is 14.7. The first-order valence-electron chi connectivity index (χ1n) is 8.05. The average molecular weight is 314 g/mol. The molecule has 0 aliphatic carbocycles. The molecule has 0 unspecified atom stereocenters. The van der Waals surface area contributed by atoms with Crippen molar-refractivity contribution in [1.29, 1.82) is 0 Å². The molecule has 0 saturated carbocycles. The highest BCUT2D eigenvalue weighted by Crippen LogP contribution is 2.36. The first-order chi connectivity index (χ1) is 10.9. The molecule has 122 valence electrons. The van der Waals surface area contributed by atoms with Gasteiger partial charge < -0.3 is 9.84 Å². The number of hydrogen-bond acceptors (Lipinski definition) is 5. The second-order valence-electron chi connectivity index (χ2n) is 7.33. The molecule has 1 aromatic heterocycles. The summed E-state index contributed by atoms with van der Waals surface area (Å²) >= 11 is 0. The molecular formula is C17H22N4O2. The van der Waals surface area contributed by atoms with Gasteiger partial charge in [0, 0.05) is 26.1 Å². The molecule has 1 saturated heterocycles. The Kier molecular flexibility index (Phi) is 3.21. The summed E-state index contributed by atoms with van der Waals surface area (Å²) in [6.45, 7) is 6.49. The lowest BCUT2D eigenvalue weighted by molar-refractivity contribution is 0.0409. The fraction of sp³-hybridized carbons (Fsp3) is 0.529. The number of nitrogens with zero attached hydrogens (tertiary/aromatic N) is 3. The number of fused-ring (bicyclic) bond motifs is 1. The highest BCUT2D eigenvalue weighted by atomic mass is 16.5. The monoisotopic (exact) mass is 314 g/mol. The normalized spacial score (nSPS) is 26.2. The molecule has 1 atom stereocenters. The Morgan fingerprint density at radius 3 is 3.04 bits per heavy atom. The zero-order chi connectivity index (χ0) is 16.1. The minimum absolute atomic E-state index is 0.109. The van der Waals surface area contributed by atoms with Crippen LogP contribution >= 0.6 is 0 Å². The van der Waals surface area contributed by atoms with Crippen LogP contribution in [0.25, 0.3) is 0 Å². The van der Waals surface area contributed by atoms with Gasteiger partial charge in [0.25, 0.3) is 0 Å². The summed E-state index contributed by atoms with van der Waals surface area (Å²) in [5.41, 5.74) is 2.16. The highest BCUT2D eigenvalue weighted by molar-refractivity contribution is 5.41. The quantitative estimate of drug-likeness (QED) is 0.900. The zero-order valence-electron chi connectivity index (χ0n) is 13.5. The van der Waals surface area contributed by atoms with Gasteiger partial charge in [0.2, 0.25) is 0 Å². The predicted octanol–water partition coefficient (Wildman–Crippen LogP) is 1.61. The van der Waals surface area contributed by atoms with Crippen molar-refractivity contribution < 1.29 is 9.84 Å². The summed E-state index contributed by atoms with van der Waals surface area (Å²) in [7, 11) is 0. The van der Waals surface area contributed by atoms with Crippen LogP contribution in [0.4, 0.5) is 0 Å². The summed E-state index contributed by atoms with van der Waals surface area (Å²) in [6, 6.07) is 6.42. The van der Waals surface area contributed by atoms with Crippen LogP contribution < -0.4 is 4.74 Å². The van der Waals surface area contributed by atoms with E-state index >= 15 is 0 Å². The third kappa shape index (κ3) is 2.72. The summed E-state index contributed by atoms with van der Waals surface area (Å²) in [5, 5.41) is 21.2. The highest BCUT2D eigenvalue weighted by Gasteiger charge is 2.39. The van der Waals surface area contributed by atoms with E-state index in [4.69, 9.17) is 4.74 Å². The molecule has 2 N–H and O–H groups in total. The summed E-state index contributed by atoms with van der Waals surface area (Å²) < 4.78 is 5.93. The van der Waals surface area contributed by atoms with E-state index < -0.39 is 5.60 Å². The second-order valence-corrected chi connectivity index (χ2v) is 7.33. The fourth-order valence-electron chi connectivity index (χ4n) is 3.66. The predicted molar refractivity (Wildman–Crippen MR) is 85.0 cm³/mol. The van der Waals surface area contributed by atoms with Gasteiger partial charge >= 0.3 is 0 Å². The molecule has 2 aromatic rings. The van der Waals surface area contributed by atoms with E-state index in [1.54, 1.807) is 6.20 Å². The van der Waals surface area contributed by atoms with Crippen molar-refractivity contribution in [3.63, 3.8) is 0 Å². The molecule has 0 spiro atoms. The molecular weight excluding hydrogens is 292 g/mol. The van der Waals surface area contributed by atoms with Crippen molar-refractivity contribution in [2.45, 2.75) is 44.4 Å². The topological polar surface area (TPSA) is 74.3 Å². The SMILES string of the molecule is CC1(C)Cc2cc(CN3CC[C@](O)(c4cn[nH]n4)C3)ccc2O1. The smallest absolute Gasteiger partial charge is 0.124 e. The number of nitrogens with one attached hydrogen (secondary N) is 1. The molecule has 6 nitrogen and oxygen atoms in total. The number of aromatic nitrogens is 3. The number of likely N-dealkylation sites (tertiary alicyclic amines) is 1. The van der Waals surface area contributed by atoms with Crippen LogP contribution in [0.15, 0.2) is 24.4 Å². The molecule has 0 radical (unpaired) electrons. The number of rotatable bonds is 3. The minimum Gasteiger partial charge on any atom is -0.487 e. The van der Waals surface area contributed by atoms with Gasteiger partial charge in [-0.05, 0) is 37.5 Å². The number of aromatic amines is 1. The lowest BCUT2D eigenvalue weighted by Crippen LogP contribution is -2.31. The van der Waals surface area contributed by atoms with Gasteiger partial charge in [0.1, 0.15) is 22.6 Å². The molecule has 0 bridgehead atoms. The van der Waals surface area contributed by atoms with Crippen LogP contribution in [0.5, 0.6) is 5.75 Å². The van der Waals surface area contributed by atoms with Crippen LogP contribution in [0.2, 0.25) is 0 Å². The van der Waals surface area contributed by atoms with Gasteiger partial charge in [0.05, 0.1) is 6.20 Å². The number of benzene rings is 1. The van der Waals surface area contributed by atoms with E-state index in [0.717, 1.165) is 25.3 Å². The summed E-state index contributed by atoms with van der Waals surface area (Å²) in [4.78, 5) is 2.26. The van der Waals surface area contributed by atoms with Gasteiger partial charge in [-0.3, -0.25) is 4.90 Å². The van der Waals surface area contributed by atoms with Crippen molar-refractivity contribution in [3.8, 4) is 5.75 Å². The van der Waals surface area contributed by atoms with Gasteiger partial charge in [-0.1, -0.05) is 12.1 Å². The lowest BCUT2D eigenvalue weighted by Gasteiger charge is -2.21. The summed E-state index contributed by atoms with van der Waals surface area (Å²) in [6.07, 6.45) is 3.23. The first-order valence-corrected chi connectivity index (χ1v) is 8.05. The standard InChI is InChI=1S/C17H22N4O2/c1-16(2)8-13-7-12(3-4-14(13)23-16)10-21-6-5-17(22,11-21)15-9-18-20-19-15/h3-4,7,9,22H,5-6,8,10-11H2,1-2H3,(H,18,19,20)/t17-/m1/s1. The molecule has 2 aliphatic heterocycles. The molecule has 3 heterocycles. The van der Waals surface area contributed by atoms with E-state index in [0.29, 0.717) is 18.7 Å². The van der Waals surface area contributed by atoms with E-state index in [2.05, 4.69) is 52.4 Å².